The van der Waals surface area contributed by atoms with E-state index in [4.69, 9.17) is 10.5 Å². The van der Waals surface area contributed by atoms with Gasteiger partial charge in [-0.15, -0.1) is 0 Å². The molecular formula is C15H21N5O2. The van der Waals surface area contributed by atoms with E-state index >= 15 is 0 Å². The number of nitrogen functional groups attached to an aromatic ring is 1. The largest absolute Gasteiger partial charge is 0.390 e. The van der Waals surface area contributed by atoms with Gasteiger partial charge in [0.2, 0.25) is 0 Å². The Labute approximate surface area is 128 Å². The Morgan fingerprint density at radius 2 is 2.18 bits per heavy atom. The number of ether oxygens (including phenoxy) is 1. The van der Waals surface area contributed by atoms with E-state index in [-0.39, 0.29) is 12.3 Å². The molecule has 0 spiro atoms. The summed E-state index contributed by atoms with van der Waals surface area (Å²) in [5, 5.41) is 10.2. The van der Waals surface area contributed by atoms with Crippen LogP contribution in [0.5, 0.6) is 0 Å². The van der Waals surface area contributed by atoms with Crippen LogP contribution in [0.1, 0.15) is 38.8 Å². The summed E-state index contributed by atoms with van der Waals surface area (Å²) >= 11 is 0. The smallest absolute Gasteiger partial charge is 0.167 e. The topological polar surface area (TPSA) is 99.1 Å². The molecule has 3 atom stereocenters. The second-order valence-corrected chi connectivity index (χ2v) is 5.52. The number of aromatic nitrogens is 4. The van der Waals surface area contributed by atoms with Crippen molar-refractivity contribution in [2.24, 2.45) is 0 Å². The fraction of sp³-hybridized carbons (Fsp3) is 0.533. The van der Waals surface area contributed by atoms with E-state index < -0.39 is 6.10 Å². The third kappa shape index (κ3) is 2.82. The monoisotopic (exact) mass is 303 g/mol. The van der Waals surface area contributed by atoms with E-state index in [1.54, 1.807) is 10.9 Å². The third-order valence-electron chi connectivity index (χ3n) is 3.91. The maximum Gasteiger partial charge on any atom is 0.167 e. The van der Waals surface area contributed by atoms with E-state index in [2.05, 4.69) is 21.9 Å². The number of aliphatic hydroxyl groups is 1. The molecule has 0 saturated carbocycles. The first-order valence-electron chi connectivity index (χ1n) is 7.65. The van der Waals surface area contributed by atoms with Gasteiger partial charge in [0.05, 0.1) is 12.4 Å². The normalized spacial score (nSPS) is 22.5. The maximum absolute atomic E-state index is 10.2. The molecular weight excluding hydrogens is 282 g/mol. The average Bonchev–Trinajstić information content (AvgIpc) is 3.14. The van der Waals surface area contributed by atoms with Crippen molar-refractivity contribution in [2.75, 3.05) is 5.73 Å². The van der Waals surface area contributed by atoms with Crippen LogP contribution in [0, 0.1) is 0 Å². The molecule has 22 heavy (non-hydrogen) atoms. The number of hydrogen-bond acceptors (Lipinski definition) is 6. The van der Waals surface area contributed by atoms with Gasteiger partial charge in [-0.2, -0.15) is 0 Å². The van der Waals surface area contributed by atoms with Crippen molar-refractivity contribution in [1.29, 1.82) is 0 Å². The van der Waals surface area contributed by atoms with Crippen molar-refractivity contribution in [1.82, 2.24) is 19.5 Å². The average molecular weight is 303 g/mol. The molecule has 3 N–H and O–H groups in total. The lowest BCUT2D eigenvalue weighted by Gasteiger charge is -2.20. The van der Waals surface area contributed by atoms with Gasteiger partial charge in [0.15, 0.2) is 17.7 Å². The Balaban J connectivity index is 1.70. The van der Waals surface area contributed by atoms with E-state index in [0.717, 1.165) is 25.7 Å². The van der Waals surface area contributed by atoms with Crippen LogP contribution >= 0.6 is 0 Å². The molecule has 2 aromatic rings. The first-order chi connectivity index (χ1) is 10.7. The summed E-state index contributed by atoms with van der Waals surface area (Å²) in [4.78, 5) is 12.4. The number of nitrogens with two attached hydrogens (primary N) is 1. The van der Waals surface area contributed by atoms with Crippen LogP contribution in [0.2, 0.25) is 0 Å². The zero-order chi connectivity index (χ0) is 15.5. The van der Waals surface area contributed by atoms with Crippen molar-refractivity contribution >= 4 is 17.0 Å². The van der Waals surface area contributed by atoms with Gasteiger partial charge in [-0.3, -0.25) is 4.57 Å². The minimum absolute atomic E-state index is 0.293. The van der Waals surface area contributed by atoms with Gasteiger partial charge in [0, 0.05) is 0 Å². The van der Waals surface area contributed by atoms with Gasteiger partial charge in [-0.05, 0) is 12.5 Å². The lowest BCUT2D eigenvalue weighted by atomic mass is 10.1. The standard InChI is InChI=1S/C15H21N5O2/c1-2-3-4-5-10(21)11-6-7-12(22-11)20-9-19-13-14(16)17-8-18-15(13)20/h6-12,21H,2-5H2,1H3,(H2,16,17,18)/t10?,11-,12+/m0/s1. The minimum Gasteiger partial charge on any atom is -0.390 e. The second-order valence-electron chi connectivity index (χ2n) is 5.52. The Bertz CT molecular complexity index is 669. The molecule has 0 radical (unpaired) electrons. The molecule has 3 heterocycles. The van der Waals surface area contributed by atoms with Crippen LogP contribution in [0.3, 0.4) is 0 Å². The van der Waals surface area contributed by atoms with Crippen molar-refractivity contribution in [3.63, 3.8) is 0 Å². The van der Waals surface area contributed by atoms with Crippen molar-refractivity contribution in [3.8, 4) is 0 Å². The number of hydrogen-bond donors (Lipinski definition) is 2. The molecule has 7 heteroatoms. The molecule has 1 aliphatic heterocycles. The van der Waals surface area contributed by atoms with Crippen LogP contribution < -0.4 is 5.73 Å². The number of imidazole rings is 1. The SMILES string of the molecule is CCCCCC(O)[C@@H]1C=C[C@H](n2cnc3c(N)ncnc32)O1. The van der Waals surface area contributed by atoms with E-state index in [1.165, 1.54) is 6.33 Å². The number of aliphatic hydroxyl groups excluding tert-OH is 1. The highest BCUT2D eigenvalue weighted by molar-refractivity contribution is 5.81. The molecule has 118 valence electrons. The van der Waals surface area contributed by atoms with Gasteiger partial charge < -0.3 is 15.6 Å². The summed E-state index contributed by atoms with van der Waals surface area (Å²) < 4.78 is 7.70. The van der Waals surface area contributed by atoms with Crippen LogP contribution in [0.25, 0.3) is 11.2 Å². The number of anilines is 1. The third-order valence-corrected chi connectivity index (χ3v) is 3.91. The first-order valence-corrected chi connectivity index (χ1v) is 7.65. The molecule has 2 aromatic heterocycles. The van der Waals surface area contributed by atoms with Crippen molar-refractivity contribution < 1.29 is 9.84 Å². The van der Waals surface area contributed by atoms with Crippen LogP contribution in [0.15, 0.2) is 24.8 Å². The molecule has 7 nitrogen and oxygen atoms in total. The molecule has 0 amide bonds. The Hall–Kier alpha value is -1.99. The van der Waals surface area contributed by atoms with E-state index in [9.17, 15) is 5.11 Å². The number of fused-ring (bicyclic) bond motifs is 1. The molecule has 0 fully saturated rings. The molecule has 0 saturated heterocycles. The van der Waals surface area contributed by atoms with Gasteiger partial charge in [0.25, 0.3) is 0 Å². The molecule has 1 unspecified atom stereocenters. The summed E-state index contributed by atoms with van der Waals surface area (Å²) in [5.41, 5.74) is 6.98. The quantitative estimate of drug-likeness (QED) is 0.623. The molecule has 0 bridgehead atoms. The lowest BCUT2D eigenvalue weighted by Crippen LogP contribution is -2.26. The Morgan fingerprint density at radius 3 is 3.00 bits per heavy atom. The second kappa shape index (κ2) is 6.41. The molecule has 0 aromatic carbocycles. The summed E-state index contributed by atoms with van der Waals surface area (Å²) in [5.74, 6) is 0.349. The Kier molecular flexibility index (Phi) is 4.35. The maximum atomic E-state index is 10.2. The van der Waals surface area contributed by atoms with Crippen LogP contribution in [0.4, 0.5) is 5.82 Å². The zero-order valence-electron chi connectivity index (χ0n) is 12.6. The predicted molar refractivity (Wildman–Crippen MR) is 82.9 cm³/mol. The highest BCUT2D eigenvalue weighted by Gasteiger charge is 2.27. The molecule has 0 aliphatic carbocycles. The summed E-state index contributed by atoms with van der Waals surface area (Å²) in [6.45, 7) is 2.14. The number of unbranched alkanes of at least 4 members (excludes halogenated alkanes) is 2. The minimum atomic E-state index is -0.484. The van der Waals surface area contributed by atoms with Crippen molar-refractivity contribution in [3.05, 3.63) is 24.8 Å². The molecule has 1 aliphatic rings. The van der Waals surface area contributed by atoms with Gasteiger partial charge in [0.1, 0.15) is 17.9 Å². The lowest BCUT2D eigenvalue weighted by molar-refractivity contribution is -0.0480. The predicted octanol–water partition coefficient (Wildman–Crippen LogP) is 1.80. The fourth-order valence-electron chi connectivity index (χ4n) is 2.66. The fourth-order valence-corrected chi connectivity index (χ4v) is 2.66. The summed E-state index contributed by atoms with van der Waals surface area (Å²) in [7, 11) is 0. The number of rotatable bonds is 6. The van der Waals surface area contributed by atoms with E-state index in [0.29, 0.717) is 17.0 Å². The van der Waals surface area contributed by atoms with Crippen LogP contribution in [-0.2, 0) is 4.74 Å². The highest BCUT2D eigenvalue weighted by Crippen LogP contribution is 2.28. The van der Waals surface area contributed by atoms with E-state index in [1.807, 2.05) is 12.2 Å². The first kappa shape index (κ1) is 14.9. The van der Waals surface area contributed by atoms with Crippen LogP contribution in [-0.4, -0.2) is 36.8 Å². The number of nitrogens with zero attached hydrogens (tertiary/aromatic N) is 4. The summed E-state index contributed by atoms with van der Waals surface area (Å²) in [6.07, 6.45) is 9.76. The van der Waals surface area contributed by atoms with Gasteiger partial charge in [-0.25, -0.2) is 15.0 Å². The highest BCUT2D eigenvalue weighted by atomic mass is 16.5. The van der Waals surface area contributed by atoms with Crippen molar-refractivity contribution in [2.45, 2.75) is 51.0 Å². The molecule has 3 rings (SSSR count). The zero-order valence-corrected chi connectivity index (χ0v) is 12.6. The van der Waals surface area contributed by atoms with Gasteiger partial charge in [-0.1, -0.05) is 32.3 Å². The summed E-state index contributed by atoms with van der Waals surface area (Å²) in [6, 6.07) is 0. The van der Waals surface area contributed by atoms with Gasteiger partial charge >= 0.3 is 0 Å². The Morgan fingerprint density at radius 1 is 1.32 bits per heavy atom.